The third-order valence-corrected chi connectivity index (χ3v) is 10.9. The van der Waals surface area contributed by atoms with Gasteiger partial charge in [-0.3, -0.25) is 9.59 Å². The summed E-state index contributed by atoms with van der Waals surface area (Å²) in [6.07, 6.45) is 4.20. The minimum Gasteiger partial charge on any atom is -0.415 e. The Morgan fingerprint density at radius 3 is 2.50 bits per heavy atom. The first-order valence-electron chi connectivity index (χ1n) is 10.9. The number of allylic oxidation sites excluding steroid dienone is 1. The first-order valence-corrected chi connectivity index (χ1v) is 13.9. The summed E-state index contributed by atoms with van der Waals surface area (Å²) in [4.78, 5) is 27.7. The fraction of sp³-hybridized carbons (Fsp3) is 0.583. The summed E-state index contributed by atoms with van der Waals surface area (Å²) in [5, 5.41) is 3.12. The van der Waals surface area contributed by atoms with E-state index in [1.807, 2.05) is 30.3 Å². The van der Waals surface area contributed by atoms with Gasteiger partial charge < -0.3 is 14.6 Å². The Hall–Kier alpha value is -1.92. The van der Waals surface area contributed by atoms with E-state index in [-0.39, 0.29) is 22.9 Å². The molecule has 1 aromatic carbocycles. The molecule has 0 spiro atoms. The van der Waals surface area contributed by atoms with Crippen LogP contribution >= 0.6 is 0 Å². The zero-order chi connectivity index (χ0) is 22.4. The monoisotopic (exact) mass is 430 g/mol. The SMILES string of the molecule is C=CCCC(=O)N1[C@@H](CO[Si](C)(C)C(C)(C)C)CC[C@H]1C(=O)NCc1ccccc1. The van der Waals surface area contributed by atoms with Gasteiger partial charge in [-0.15, -0.1) is 6.58 Å². The highest BCUT2D eigenvalue weighted by molar-refractivity contribution is 6.74. The molecular formula is C24H38N2O3Si. The Bertz CT molecular complexity index is 728. The van der Waals surface area contributed by atoms with Crippen LogP contribution in [0.4, 0.5) is 0 Å². The van der Waals surface area contributed by atoms with E-state index >= 15 is 0 Å². The number of carbonyl (C=O) groups is 2. The van der Waals surface area contributed by atoms with Crippen LogP contribution in [0.3, 0.4) is 0 Å². The average Bonchev–Trinajstić information content (AvgIpc) is 3.13. The normalized spacial score (nSPS) is 19.6. The smallest absolute Gasteiger partial charge is 0.243 e. The quantitative estimate of drug-likeness (QED) is 0.458. The lowest BCUT2D eigenvalue weighted by Gasteiger charge is -2.38. The van der Waals surface area contributed by atoms with Crippen LogP contribution in [0.1, 0.15) is 52.0 Å². The fourth-order valence-corrected chi connectivity index (χ4v) is 4.50. The molecule has 30 heavy (non-hydrogen) atoms. The van der Waals surface area contributed by atoms with Crippen LogP contribution in [0.5, 0.6) is 0 Å². The van der Waals surface area contributed by atoms with E-state index in [1.54, 1.807) is 11.0 Å². The summed E-state index contributed by atoms with van der Waals surface area (Å²) in [7, 11) is -1.93. The van der Waals surface area contributed by atoms with E-state index in [9.17, 15) is 9.59 Å². The maximum atomic E-state index is 13.0. The second kappa shape index (κ2) is 10.4. The second-order valence-corrected chi connectivity index (χ2v) is 14.5. The molecule has 0 saturated carbocycles. The number of likely N-dealkylation sites (tertiary alicyclic amines) is 1. The van der Waals surface area contributed by atoms with Gasteiger partial charge in [0.2, 0.25) is 11.8 Å². The van der Waals surface area contributed by atoms with Gasteiger partial charge in [-0.1, -0.05) is 57.2 Å². The highest BCUT2D eigenvalue weighted by Crippen LogP contribution is 2.37. The van der Waals surface area contributed by atoms with Crippen LogP contribution in [0.15, 0.2) is 43.0 Å². The van der Waals surface area contributed by atoms with Crippen LogP contribution in [0.25, 0.3) is 0 Å². The molecule has 1 heterocycles. The number of hydrogen-bond acceptors (Lipinski definition) is 3. The lowest BCUT2D eigenvalue weighted by atomic mass is 10.1. The third-order valence-electron chi connectivity index (χ3n) is 6.41. The van der Waals surface area contributed by atoms with Gasteiger partial charge in [0.1, 0.15) is 6.04 Å². The van der Waals surface area contributed by atoms with Crippen LogP contribution in [-0.2, 0) is 20.6 Å². The van der Waals surface area contributed by atoms with E-state index < -0.39 is 14.4 Å². The number of carbonyl (C=O) groups excluding carboxylic acids is 2. The minimum absolute atomic E-state index is 0.0103. The first kappa shape index (κ1) is 24.3. The van der Waals surface area contributed by atoms with Crippen molar-refractivity contribution in [2.24, 2.45) is 0 Å². The van der Waals surface area contributed by atoms with Crippen LogP contribution < -0.4 is 5.32 Å². The van der Waals surface area contributed by atoms with E-state index in [1.165, 1.54) is 0 Å². The van der Waals surface area contributed by atoms with Crippen molar-refractivity contribution < 1.29 is 14.0 Å². The highest BCUT2D eigenvalue weighted by Gasteiger charge is 2.43. The van der Waals surface area contributed by atoms with E-state index in [2.05, 4.69) is 45.8 Å². The molecule has 6 heteroatoms. The number of benzene rings is 1. The van der Waals surface area contributed by atoms with Crippen LogP contribution in [0.2, 0.25) is 18.1 Å². The molecule has 2 atom stereocenters. The van der Waals surface area contributed by atoms with Crippen molar-refractivity contribution in [1.29, 1.82) is 0 Å². The molecule has 2 rings (SSSR count). The van der Waals surface area contributed by atoms with Gasteiger partial charge in [-0.05, 0) is 43.0 Å². The van der Waals surface area contributed by atoms with Crippen molar-refractivity contribution >= 4 is 20.1 Å². The summed E-state index contributed by atoms with van der Waals surface area (Å²) < 4.78 is 6.41. The zero-order valence-electron chi connectivity index (χ0n) is 19.2. The molecule has 0 aromatic heterocycles. The Kier molecular flexibility index (Phi) is 8.44. The summed E-state index contributed by atoms with van der Waals surface area (Å²) in [6.45, 7) is 15.8. The largest absolute Gasteiger partial charge is 0.415 e. The Labute approximate surface area is 183 Å². The Balaban J connectivity index is 2.08. The zero-order valence-corrected chi connectivity index (χ0v) is 20.2. The van der Waals surface area contributed by atoms with Crippen LogP contribution in [0, 0.1) is 0 Å². The third kappa shape index (κ3) is 6.29. The number of nitrogens with zero attached hydrogens (tertiary/aromatic N) is 1. The van der Waals surface area contributed by atoms with Crippen molar-refractivity contribution in [2.45, 2.75) is 83.2 Å². The predicted molar refractivity (Wildman–Crippen MR) is 125 cm³/mol. The molecule has 1 N–H and O–H groups in total. The van der Waals surface area contributed by atoms with E-state index in [4.69, 9.17) is 4.43 Å². The molecule has 0 unspecified atom stereocenters. The van der Waals surface area contributed by atoms with Gasteiger partial charge in [0.05, 0.1) is 12.6 Å². The standard InChI is InChI=1S/C24H38N2O3Si/c1-7-8-14-22(27)26-20(18-29-30(5,6)24(2,3)4)15-16-21(26)23(28)25-17-19-12-10-9-11-13-19/h7,9-13,20-21H,1,8,14-18H2,2-6H3,(H,25,28)/t20-,21+/m1/s1. The molecule has 1 aromatic rings. The number of hydrogen-bond donors (Lipinski definition) is 1. The summed E-state index contributed by atoms with van der Waals surface area (Å²) >= 11 is 0. The lowest BCUT2D eigenvalue weighted by molar-refractivity contribution is -0.141. The van der Waals surface area contributed by atoms with Crippen molar-refractivity contribution in [3.63, 3.8) is 0 Å². The molecule has 0 aliphatic carbocycles. The van der Waals surface area contributed by atoms with Gasteiger partial charge in [-0.25, -0.2) is 0 Å². The topological polar surface area (TPSA) is 58.6 Å². The first-order chi connectivity index (χ1) is 14.1. The molecule has 0 bridgehead atoms. The van der Waals surface area contributed by atoms with Gasteiger partial charge in [0.25, 0.3) is 0 Å². The number of rotatable bonds is 9. The Morgan fingerprint density at radius 1 is 1.23 bits per heavy atom. The summed E-state index contributed by atoms with van der Waals surface area (Å²) in [5.41, 5.74) is 1.05. The van der Waals surface area contributed by atoms with Gasteiger partial charge >= 0.3 is 0 Å². The van der Waals surface area contributed by atoms with Crippen LogP contribution in [-0.4, -0.2) is 43.7 Å². The van der Waals surface area contributed by atoms with Gasteiger partial charge in [-0.2, -0.15) is 0 Å². The number of nitrogens with one attached hydrogen (secondary N) is 1. The fourth-order valence-electron chi connectivity index (χ4n) is 3.46. The minimum atomic E-state index is -1.93. The molecule has 1 aliphatic rings. The molecule has 166 valence electrons. The van der Waals surface area contributed by atoms with E-state index in [0.29, 0.717) is 32.4 Å². The van der Waals surface area contributed by atoms with Crippen molar-refractivity contribution in [3.8, 4) is 0 Å². The molecule has 2 amide bonds. The average molecular weight is 431 g/mol. The molecule has 0 radical (unpaired) electrons. The van der Waals surface area contributed by atoms with E-state index in [0.717, 1.165) is 12.0 Å². The maximum absolute atomic E-state index is 13.0. The van der Waals surface area contributed by atoms with Crippen molar-refractivity contribution in [2.75, 3.05) is 6.61 Å². The molecule has 1 fully saturated rings. The molecular weight excluding hydrogens is 392 g/mol. The predicted octanol–water partition coefficient (Wildman–Crippen LogP) is 4.65. The lowest BCUT2D eigenvalue weighted by Crippen LogP contribution is -2.51. The van der Waals surface area contributed by atoms with Crippen molar-refractivity contribution in [1.82, 2.24) is 10.2 Å². The molecule has 5 nitrogen and oxygen atoms in total. The Morgan fingerprint density at radius 2 is 1.90 bits per heavy atom. The maximum Gasteiger partial charge on any atom is 0.243 e. The summed E-state index contributed by atoms with van der Waals surface area (Å²) in [5.74, 6) is -0.0725. The van der Waals surface area contributed by atoms with Crippen molar-refractivity contribution in [3.05, 3.63) is 48.6 Å². The molecule has 1 aliphatic heterocycles. The summed E-state index contributed by atoms with van der Waals surface area (Å²) in [6, 6.07) is 9.35. The molecule has 1 saturated heterocycles. The second-order valence-electron chi connectivity index (χ2n) is 9.65. The van der Waals surface area contributed by atoms with Gasteiger partial charge in [0, 0.05) is 13.0 Å². The highest BCUT2D eigenvalue weighted by atomic mass is 28.4. The van der Waals surface area contributed by atoms with Gasteiger partial charge in [0.15, 0.2) is 8.32 Å². The number of amides is 2.